The fourth-order valence-electron chi connectivity index (χ4n) is 1.35. The fourth-order valence-corrected chi connectivity index (χ4v) is 2.33. The van der Waals surface area contributed by atoms with E-state index in [0.717, 1.165) is 11.3 Å². The monoisotopic (exact) mass is 214 g/mol. The van der Waals surface area contributed by atoms with E-state index in [0.29, 0.717) is 0 Å². The highest BCUT2D eigenvalue weighted by molar-refractivity contribution is 7.99. The topological polar surface area (TPSA) is 20.2 Å². The predicted molar refractivity (Wildman–Crippen MR) is 59.0 cm³/mol. The van der Waals surface area contributed by atoms with E-state index >= 15 is 0 Å². The third-order valence-corrected chi connectivity index (χ3v) is 3.34. The Kier molecular flexibility index (Phi) is 4.42. The lowest BCUT2D eigenvalue weighted by Gasteiger charge is -2.19. The smallest absolute Gasteiger partial charge is 0.123 e. The lowest BCUT2D eigenvalue weighted by molar-refractivity contribution is 0.192. The van der Waals surface area contributed by atoms with Crippen LogP contribution in [0.25, 0.3) is 0 Å². The summed E-state index contributed by atoms with van der Waals surface area (Å²) in [7, 11) is 0. The molecule has 2 unspecified atom stereocenters. The number of benzene rings is 1. The standard InChI is InChI=1S/C11H15FOS/c1-3-14-11(8(2)13)9-4-6-10(12)7-5-9/h4-8,11,13H,3H2,1-2H3. The molecule has 0 spiro atoms. The van der Waals surface area contributed by atoms with Crippen LogP contribution in [0.5, 0.6) is 0 Å². The van der Waals surface area contributed by atoms with Crippen LogP contribution in [0, 0.1) is 5.82 Å². The van der Waals surface area contributed by atoms with Crippen LogP contribution in [-0.4, -0.2) is 17.0 Å². The first-order valence-corrected chi connectivity index (χ1v) is 5.75. The van der Waals surface area contributed by atoms with Crippen LogP contribution < -0.4 is 0 Å². The largest absolute Gasteiger partial charge is 0.392 e. The first-order chi connectivity index (χ1) is 6.65. The van der Waals surface area contributed by atoms with Crippen LogP contribution in [-0.2, 0) is 0 Å². The van der Waals surface area contributed by atoms with Crippen molar-refractivity contribution < 1.29 is 9.50 Å². The molecule has 3 heteroatoms. The molecule has 78 valence electrons. The molecule has 0 heterocycles. The van der Waals surface area contributed by atoms with Gasteiger partial charge >= 0.3 is 0 Å². The number of hydrogen-bond donors (Lipinski definition) is 1. The summed E-state index contributed by atoms with van der Waals surface area (Å²) in [5.74, 6) is 0.701. The third-order valence-electron chi connectivity index (χ3n) is 1.98. The number of aliphatic hydroxyl groups excluding tert-OH is 1. The molecular weight excluding hydrogens is 199 g/mol. The molecule has 0 fully saturated rings. The molecule has 0 aliphatic carbocycles. The van der Waals surface area contributed by atoms with Crippen LogP contribution >= 0.6 is 11.8 Å². The van der Waals surface area contributed by atoms with Gasteiger partial charge in [0.15, 0.2) is 0 Å². The summed E-state index contributed by atoms with van der Waals surface area (Å²) in [4.78, 5) is 0. The van der Waals surface area contributed by atoms with Crippen molar-refractivity contribution in [3.63, 3.8) is 0 Å². The van der Waals surface area contributed by atoms with Crippen molar-refractivity contribution >= 4 is 11.8 Å². The van der Waals surface area contributed by atoms with Gasteiger partial charge in [-0.25, -0.2) is 4.39 Å². The van der Waals surface area contributed by atoms with Gasteiger partial charge in [-0.3, -0.25) is 0 Å². The van der Waals surface area contributed by atoms with Gasteiger partial charge in [0.2, 0.25) is 0 Å². The minimum absolute atomic E-state index is 0.0422. The molecule has 2 atom stereocenters. The zero-order valence-corrected chi connectivity index (χ0v) is 9.22. The van der Waals surface area contributed by atoms with Gasteiger partial charge in [0.05, 0.1) is 11.4 Å². The van der Waals surface area contributed by atoms with E-state index in [4.69, 9.17) is 0 Å². The summed E-state index contributed by atoms with van der Waals surface area (Å²) < 4.78 is 12.7. The van der Waals surface area contributed by atoms with E-state index < -0.39 is 6.10 Å². The molecule has 0 bridgehead atoms. The molecule has 14 heavy (non-hydrogen) atoms. The Morgan fingerprint density at radius 3 is 2.36 bits per heavy atom. The summed E-state index contributed by atoms with van der Waals surface area (Å²) in [6.07, 6.45) is -0.412. The summed E-state index contributed by atoms with van der Waals surface area (Å²) in [5.41, 5.74) is 0.980. The second kappa shape index (κ2) is 5.37. The number of hydrogen-bond acceptors (Lipinski definition) is 2. The zero-order valence-electron chi connectivity index (χ0n) is 8.40. The van der Waals surface area contributed by atoms with Crippen molar-refractivity contribution in [3.05, 3.63) is 35.6 Å². The SMILES string of the molecule is CCSC(c1ccc(F)cc1)C(C)O. The van der Waals surface area contributed by atoms with Crippen molar-refractivity contribution in [1.29, 1.82) is 0 Å². The predicted octanol–water partition coefficient (Wildman–Crippen LogP) is 3.00. The van der Waals surface area contributed by atoms with Crippen LogP contribution in [0.3, 0.4) is 0 Å². The Labute approximate surface area is 88.3 Å². The van der Waals surface area contributed by atoms with E-state index in [1.54, 1.807) is 30.8 Å². The molecule has 0 radical (unpaired) electrons. The first kappa shape index (κ1) is 11.5. The maximum atomic E-state index is 12.7. The third kappa shape index (κ3) is 3.00. The lowest BCUT2D eigenvalue weighted by Crippen LogP contribution is -2.11. The average Bonchev–Trinajstić information content (AvgIpc) is 2.15. The number of aliphatic hydroxyl groups is 1. The van der Waals surface area contributed by atoms with Gasteiger partial charge < -0.3 is 5.11 Å². The lowest BCUT2D eigenvalue weighted by atomic mass is 10.1. The Morgan fingerprint density at radius 1 is 1.36 bits per heavy atom. The van der Waals surface area contributed by atoms with Gasteiger partial charge in [0, 0.05) is 0 Å². The normalized spacial score (nSPS) is 15.1. The van der Waals surface area contributed by atoms with E-state index in [1.807, 2.05) is 6.92 Å². The molecule has 0 saturated heterocycles. The van der Waals surface area contributed by atoms with Gasteiger partial charge in [0.25, 0.3) is 0 Å². The minimum Gasteiger partial charge on any atom is -0.392 e. The van der Waals surface area contributed by atoms with Gasteiger partial charge in [0.1, 0.15) is 5.82 Å². The van der Waals surface area contributed by atoms with Crippen molar-refractivity contribution in [1.82, 2.24) is 0 Å². The van der Waals surface area contributed by atoms with Crippen molar-refractivity contribution in [3.8, 4) is 0 Å². The van der Waals surface area contributed by atoms with Crippen molar-refractivity contribution in [2.75, 3.05) is 5.75 Å². The Bertz CT molecular complexity index is 271. The Balaban J connectivity index is 2.82. The van der Waals surface area contributed by atoms with Crippen LogP contribution in [0.1, 0.15) is 24.7 Å². The van der Waals surface area contributed by atoms with Gasteiger partial charge in [-0.1, -0.05) is 19.1 Å². The van der Waals surface area contributed by atoms with Crippen LogP contribution in [0.15, 0.2) is 24.3 Å². The van der Waals surface area contributed by atoms with Gasteiger partial charge in [-0.15, -0.1) is 0 Å². The van der Waals surface area contributed by atoms with E-state index in [-0.39, 0.29) is 11.1 Å². The maximum absolute atomic E-state index is 12.7. The first-order valence-electron chi connectivity index (χ1n) is 4.70. The maximum Gasteiger partial charge on any atom is 0.123 e. The second-order valence-corrected chi connectivity index (χ2v) is 4.59. The molecule has 0 saturated carbocycles. The summed E-state index contributed by atoms with van der Waals surface area (Å²) in [6, 6.07) is 6.33. The summed E-state index contributed by atoms with van der Waals surface area (Å²) in [6.45, 7) is 3.81. The second-order valence-electron chi connectivity index (χ2n) is 3.17. The molecule has 1 aromatic rings. The molecule has 1 rings (SSSR count). The summed E-state index contributed by atoms with van der Waals surface area (Å²) >= 11 is 1.67. The number of halogens is 1. The molecule has 0 aliphatic heterocycles. The van der Waals surface area contributed by atoms with E-state index in [9.17, 15) is 9.50 Å². The molecule has 0 aliphatic rings. The van der Waals surface area contributed by atoms with Gasteiger partial charge in [-0.05, 0) is 30.4 Å². The average molecular weight is 214 g/mol. The molecule has 0 aromatic heterocycles. The van der Waals surface area contributed by atoms with Crippen LogP contribution in [0.2, 0.25) is 0 Å². The van der Waals surface area contributed by atoms with E-state index in [1.165, 1.54) is 12.1 Å². The highest BCUT2D eigenvalue weighted by Crippen LogP contribution is 2.31. The highest BCUT2D eigenvalue weighted by Gasteiger charge is 2.16. The highest BCUT2D eigenvalue weighted by atomic mass is 32.2. The molecule has 1 aromatic carbocycles. The molecule has 0 amide bonds. The van der Waals surface area contributed by atoms with Crippen molar-refractivity contribution in [2.45, 2.75) is 25.2 Å². The quantitative estimate of drug-likeness (QED) is 0.831. The van der Waals surface area contributed by atoms with Crippen LogP contribution in [0.4, 0.5) is 4.39 Å². The molecule has 1 nitrogen and oxygen atoms in total. The minimum atomic E-state index is -0.412. The number of thioether (sulfide) groups is 1. The number of rotatable bonds is 4. The van der Waals surface area contributed by atoms with Gasteiger partial charge in [-0.2, -0.15) is 11.8 Å². The van der Waals surface area contributed by atoms with Crippen molar-refractivity contribution in [2.24, 2.45) is 0 Å². The molecule has 1 N–H and O–H groups in total. The fraction of sp³-hybridized carbons (Fsp3) is 0.455. The summed E-state index contributed by atoms with van der Waals surface area (Å²) in [5, 5.41) is 9.59. The molecular formula is C11H15FOS. The Morgan fingerprint density at radius 2 is 1.93 bits per heavy atom. The Hall–Kier alpha value is -0.540. The van der Waals surface area contributed by atoms with E-state index in [2.05, 4.69) is 0 Å². The zero-order chi connectivity index (χ0) is 10.6.